The molecule has 0 saturated heterocycles. The molecule has 3 rings (SSSR count). The number of halogens is 3. The highest BCUT2D eigenvalue weighted by Gasteiger charge is 2.23. The number of aldehydes is 1. The maximum atomic E-state index is 15.4. The summed E-state index contributed by atoms with van der Waals surface area (Å²) < 4.78 is 25.8. The summed E-state index contributed by atoms with van der Waals surface area (Å²) in [7, 11) is 1.52. The van der Waals surface area contributed by atoms with Gasteiger partial charge >= 0.3 is 0 Å². The third-order valence-corrected chi connectivity index (χ3v) is 5.62. The summed E-state index contributed by atoms with van der Waals surface area (Å²) >= 11 is 13.0. The van der Waals surface area contributed by atoms with Crippen LogP contribution in [0.3, 0.4) is 0 Å². The molecule has 0 heterocycles. The number of hydrogen-bond acceptors (Lipinski definition) is 4. The fraction of sp³-hybridized carbons (Fsp3) is 0.208. The smallest absolute Gasteiger partial charge is 0.173 e. The highest BCUT2D eigenvalue weighted by Crippen LogP contribution is 2.41. The van der Waals surface area contributed by atoms with Gasteiger partial charge in [-0.1, -0.05) is 53.5 Å². The SMILES string of the molecule is COCCOc1ccc(C=O)c(-c2cc(C(CN)c3ccccc3)c(Cl)cc2Cl)c1F. The van der Waals surface area contributed by atoms with E-state index in [4.69, 9.17) is 38.4 Å². The number of rotatable bonds is 9. The Balaban J connectivity index is 2.16. The second kappa shape index (κ2) is 10.7. The van der Waals surface area contributed by atoms with E-state index in [9.17, 15) is 4.79 Å². The van der Waals surface area contributed by atoms with Crippen LogP contribution in [0.2, 0.25) is 10.0 Å². The van der Waals surface area contributed by atoms with E-state index in [1.54, 1.807) is 12.1 Å². The molecule has 0 aliphatic heterocycles. The molecular formula is C24H22Cl2FNO3. The molecule has 0 bridgehead atoms. The average Bonchev–Trinajstić information content (AvgIpc) is 2.78. The summed E-state index contributed by atoms with van der Waals surface area (Å²) in [5, 5.41) is 0.627. The zero-order valence-electron chi connectivity index (χ0n) is 16.9. The number of hydrogen-bond donors (Lipinski definition) is 1. The van der Waals surface area contributed by atoms with Crippen LogP contribution in [0.1, 0.15) is 27.4 Å². The predicted octanol–water partition coefficient (Wildman–Crippen LogP) is 5.73. The highest BCUT2D eigenvalue weighted by atomic mass is 35.5. The zero-order chi connectivity index (χ0) is 22.4. The molecule has 1 atom stereocenters. The summed E-state index contributed by atoms with van der Waals surface area (Å²) in [5.74, 6) is -0.905. The Morgan fingerprint density at radius 2 is 1.81 bits per heavy atom. The van der Waals surface area contributed by atoms with Crippen LogP contribution in [-0.4, -0.2) is 33.2 Å². The van der Waals surface area contributed by atoms with Gasteiger partial charge in [0.1, 0.15) is 6.61 Å². The fourth-order valence-electron chi connectivity index (χ4n) is 3.44. The van der Waals surface area contributed by atoms with Gasteiger partial charge in [0.05, 0.1) is 11.6 Å². The summed E-state index contributed by atoms with van der Waals surface area (Å²) in [6.07, 6.45) is 0.583. The third kappa shape index (κ3) is 5.08. The molecule has 0 spiro atoms. The Kier molecular flexibility index (Phi) is 8.04. The van der Waals surface area contributed by atoms with Crippen LogP contribution in [0.15, 0.2) is 54.6 Å². The van der Waals surface area contributed by atoms with Crippen molar-refractivity contribution in [2.24, 2.45) is 5.73 Å². The van der Waals surface area contributed by atoms with Crippen molar-refractivity contribution in [1.82, 2.24) is 0 Å². The predicted molar refractivity (Wildman–Crippen MR) is 122 cm³/mol. The monoisotopic (exact) mass is 461 g/mol. The van der Waals surface area contributed by atoms with E-state index >= 15 is 4.39 Å². The zero-order valence-corrected chi connectivity index (χ0v) is 18.4. The van der Waals surface area contributed by atoms with Crippen LogP contribution in [0.4, 0.5) is 4.39 Å². The summed E-state index contributed by atoms with van der Waals surface area (Å²) in [5.41, 5.74) is 8.26. The molecule has 2 N–H and O–H groups in total. The van der Waals surface area contributed by atoms with Crippen molar-refractivity contribution in [3.05, 3.63) is 87.2 Å². The largest absolute Gasteiger partial charge is 0.488 e. The lowest BCUT2D eigenvalue weighted by atomic mass is 9.88. The van der Waals surface area contributed by atoms with Gasteiger partial charge in [0.25, 0.3) is 0 Å². The molecule has 3 aromatic rings. The summed E-state index contributed by atoms with van der Waals surface area (Å²) in [6, 6.07) is 15.8. The molecular weight excluding hydrogens is 440 g/mol. The van der Waals surface area contributed by atoms with Gasteiger partial charge in [-0.05, 0) is 35.4 Å². The van der Waals surface area contributed by atoms with E-state index < -0.39 is 5.82 Å². The molecule has 0 fully saturated rings. The topological polar surface area (TPSA) is 61.5 Å². The molecule has 162 valence electrons. The van der Waals surface area contributed by atoms with Crippen LogP contribution in [-0.2, 0) is 4.74 Å². The van der Waals surface area contributed by atoms with Crippen molar-refractivity contribution in [2.45, 2.75) is 5.92 Å². The average molecular weight is 462 g/mol. The Hall–Kier alpha value is -2.44. The van der Waals surface area contributed by atoms with E-state index in [0.29, 0.717) is 29.0 Å². The standard InChI is InChI=1S/C24H22Cl2FNO3/c1-30-9-10-31-22-8-7-16(14-29)23(24(22)27)18-11-17(20(25)12-21(18)26)19(13-28)15-5-3-2-4-6-15/h2-8,11-12,14,19H,9-10,13,28H2,1H3. The molecule has 0 amide bonds. The molecule has 0 saturated carbocycles. The molecule has 0 aromatic heterocycles. The first-order valence-electron chi connectivity index (χ1n) is 9.65. The summed E-state index contributed by atoms with van der Waals surface area (Å²) in [6.45, 7) is 0.745. The molecule has 0 radical (unpaired) electrons. The van der Waals surface area contributed by atoms with Crippen LogP contribution in [0.25, 0.3) is 11.1 Å². The van der Waals surface area contributed by atoms with Gasteiger partial charge in [0, 0.05) is 41.3 Å². The van der Waals surface area contributed by atoms with E-state index in [1.807, 2.05) is 30.3 Å². The van der Waals surface area contributed by atoms with Crippen molar-refractivity contribution >= 4 is 29.5 Å². The lowest BCUT2D eigenvalue weighted by Crippen LogP contribution is -2.14. The Morgan fingerprint density at radius 1 is 1.06 bits per heavy atom. The molecule has 3 aromatic carbocycles. The first-order valence-corrected chi connectivity index (χ1v) is 10.4. The Morgan fingerprint density at radius 3 is 2.45 bits per heavy atom. The van der Waals surface area contributed by atoms with Crippen molar-refractivity contribution in [3.63, 3.8) is 0 Å². The van der Waals surface area contributed by atoms with Gasteiger partial charge in [0.2, 0.25) is 0 Å². The normalized spacial score (nSPS) is 11.9. The highest BCUT2D eigenvalue weighted by molar-refractivity contribution is 6.37. The fourth-order valence-corrected chi connectivity index (χ4v) is 4.05. The second-order valence-corrected chi connectivity index (χ2v) is 7.67. The quantitative estimate of drug-likeness (QED) is 0.326. The van der Waals surface area contributed by atoms with Crippen LogP contribution >= 0.6 is 23.2 Å². The minimum atomic E-state index is -0.681. The van der Waals surface area contributed by atoms with Crippen molar-refractivity contribution in [2.75, 3.05) is 26.9 Å². The van der Waals surface area contributed by atoms with Gasteiger partial charge in [0.15, 0.2) is 17.9 Å². The minimum Gasteiger partial charge on any atom is -0.488 e. The maximum absolute atomic E-state index is 15.4. The molecule has 0 aliphatic rings. The van der Waals surface area contributed by atoms with Gasteiger partial charge in [-0.3, -0.25) is 4.79 Å². The lowest BCUT2D eigenvalue weighted by Gasteiger charge is -2.20. The van der Waals surface area contributed by atoms with Crippen molar-refractivity contribution in [3.8, 4) is 16.9 Å². The molecule has 0 aliphatic carbocycles. The van der Waals surface area contributed by atoms with Gasteiger partial charge < -0.3 is 15.2 Å². The second-order valence-electron chi connectivity index (χ2n) is 6.85. The van der Waals surface area contributed by atoms with E-state index in [2.05, 4.69) is 0 Å². The number of nitrogens with two attached hydrogens (primary N) is 1. The molecule has 7 heteroatoms. The number of methoxy groups -OCH3 is 1. The summed E-state index contributed by atoms with van der Waals surface area (Å²) in [4.78, 5) is 11.7. The van der Waals surface area contributed by atoms with Crippen LogP contribution in [0.5, 0.6) is 5.75 Å². The maximum Gasteiger partial charge on any atom is 0.173 e. The first kappa shape index (κ1) is 23.2. The van der Waals surface area contributed by atoms with Crippen molar-refractivity contribution in [1.29, 1.82) is 0 Å². The number of benzene rings is 3. The van der Waals surface area contributed by atoms with E-state index in [1.165, 1.54) is 19.2 Å². The van der Waals surface area contributed by atoms with Crippen LogP contribution in [0, 0.1) is 5.82 Å². The Bertz CT molecular complexity index is 1060. The lowest BCUT2D eigenvalue weighted by molar-refractivity contribution is 0.112. The number of carbonyl (C=O) groups excluding carboxylic acids is 1. The third-order valence-electron chi connectivity index (χ3n) is 4.98. The van der Waals surface area contributed by atoms with Crippen molar-refractivity contribution < 1.29 is 18.7 Å². The van der Waals surface area contributed by atoms with Gasteiger partial charge in [-0.25, -0.2) is 4.39 Å². The number of carbonyl (C=O) groups is 1. The molecule has 4 nitrogen and oxygen atoms in total. The van der Waals surface area contributed by atoms with Gasteiger partial charge in [-0.15, -0.1) is 0 Å². The Labute approximate surface area is 190 Å². The van der Waals surface area contributed by atoms with E-state index in [0.717, 1.165) is 5.56 Å². The van der Waals surface area contributed by atoms with Gasteiger partial charge in [-0.2, -0.15) is 0 Å². The molecule has 31 heavy (non-hydrogen) atoms. The van der Waals surface area contributed by atoms with Crippen LogP contribution < -0.4 is 10.5 Å². The minimum absolute atomic E-state index is 0.00338. The number of ether oxygens (including phenoxy) is 2. The van der Waals surface area contributed by atoms with E-state index in [-0.39, 0.29) is 41.0 Å². The first-order chi connectivity index (χ1) is 15.0. The molecule has 1 unspecified atom stereocenters.